The molecule has 1 saturated heterocycles. The number of rotatable bonds is 3. The standard InChI is InChI=1S/C13H13NO5/c1-7-2-3-8(12(16)17)4-10(7)14-6-9(13(18)19)5-11(14)15/h2-4,9H,5-6H2,1H3,(H,16,17)(H,18,19). The van der Waals surface area contributed by atoms with Crippen LogP contribution in [0.25, 0.3) is 0 Å². The van der Waals surface area contributed by atoms with Crippen molar-refractivity contribution in [2.75, 3.05) is 11.4 Å². The quantitative estimate of drug-likeness (QED) is 0.852. The Morgan fingerprint density at radius 3 is 2.53 bits per heavy atom. The van der Waals surface area contributed by atoms with Crippen LogP contribution in [0.2, 0.25) is 0 Å². The Hall–Kier alpha value is -2.37. The van der Waals surface area contributed by atoms with Crippen LogP contribution in [0, 0.1) is 12.8 Å². The number of carboxylic acids is 2. The lowest BCUT2D eigenvalue weighted by molar-refractivity contribution is -0.141. The maximum Gasteiger partial charge on any atom is 0.335 e. The predicted molar refractivity (Wildman–Crippen MR) is 66.2 cm³/mol. The summed E-state index contributed by atoms with van der Waals surface area (Å²) >= 11 is 0. The molecule has 1 atom stereocenters. The van der Waals surface area contributed by atoms with Gasteiger partial charge in [0.1, 0.15) is 0 Å². The van der Waals surface area contributed by atoms with E-state index in [-0.39, 0.29) is 24.4 Å². The van der Waals surface area contributed by atoms with Gasteiger partial charge in [0.2, 0.25) is 5.91 Å². The van der Waals surface area contributed by atoms with Crippen LogP contribution in [0.1, 0.15) is 22.3 Å². The van der Waals surface area contributed by atoms with E-state index in [9.17, 15) is 14.4 Å². The molecule has 0 aromatic heterocycles. The second kappa shape index (κ2) is 4.72. The first-order chi connectivity index (χ1) is 8.90. The summed E-state index contributed by atoms with van der Waals surface area (Å²) in [6.07, 6.45) is -0.0495. The molecule has 1 unspecified atom stereocenters. The van der Waals surface area contributed by atoms with E-state index in [0.717, 1.165) is 5.56 Å². The zero-order valence-corrected chi connectivity index (χ0v) is 10.3. The number of aliphatic carboxylic acids is 1. The first-order valence-corrected chi connectivity index (χ1v) is 5.77. The molecule has 1 aliphatic rings. The van der Waals surface area contributed by atoms with E-state index >= 15 is 0 Å². The van der Waals surface area contributed by atoms with Gasteiger partial charge in [0.15, 0.2) is 0 Å². The van der Waals surface area contributed by atoms with Crippen molar-refractivity contribution in [3.63, 3.8) is 0 Å². The van der Waals surface area contributed by atoms with E-state index in [1.165, 1.54) is 17.0 Å². The van der Waals surface area contributed by atoms with Crippen molar-refractivity contribution < 1.29 is 24.6 Å². The van der Waals surface area contributed by atoms with E-state index in [2.05, 4.69) is 0 Å². The fraction of sp³-hybridized carbons (Fsp3) is 0.308. The lowest BCUT2D eigenvalue weighted by atomic mass is 10.1. The van der Waals surface area contributed by atoms with Crippen LogP contribution in [0.5, 0.6) is 0 Å². The average Bonchev–Trinajstić information content (AvgIpc) is 2.72. The Balaban J connectivity index is 2.36. The van der Waals surface area contributed by atoms with Gasteiger partial charge in [0.25, 0.3) is 0 Å². The summed E-state index contributed by atoms with van der Waals surface area (Å²) in [6.45, 7) is 1.83. The lowest BCUT2D eigenvalue weighted by Crippen LogP contribution is -2.26. The summed E-state index contributed by atoms with van der Waals surface area (Å²) < 4.78 is 0. The molecule has 0 saturated carbocycles. The number of hydrogen-bond acceptors (Lipinski definition) is 3. The van der Waals surface area contributed by atoms with Crippen molar-refractivity contribution in [2.45, 2.75) is 13.3 Å². The zero-order valence-electron chi connectivity index (χ0n) is 10.3. The van der Waals surface area contributed by atoms with Crippen molar-refractivity contribution in [3.8, 4) is 0 Å². The number of nitrogens with zero attached hydrogens (tertiary/aromatic N) is 1. The molecule has 1 aromatic rings. The summed E-state index contributed by atoms with van der Waals surface area (Å²) in [5.74, 6) is -3.12. The number of carbonyl (C=O) groups is 3. The van der Waals surface area contributed by atoms with Gasteiger partial charge in [-0.1, -0.05) is 6.07 Å². The van der Waals surface area contributed by atoms with Crippen LogP contribution in [-0.2, 0) is 9.59 Å². The van der Waals surface area contributed by atoms with Gasteiger partial charge in [0.05, 0.1) is 11.5 Å². The number of anilines is 1. The van der Waals surface area contributed by atoms with Gasteiger partial charge in [-0.15, -0.1) is 0 Å². The van der Waals surface area contributed by atoms with E-state index < -0.39 is 17.9 Å². The van der Waals surface area contributed by atoms with E-state index in [4.69, 9.17) is 10.2 Å². The van der Waals surface area contributed by atoms with Crippen LogP contribution >= 0.6 is 0 Å². The van der Waals surface area contributed by atoms with Crippen LogP contribution in [0.4, 0.5) is 5.69 Å². The Labute approximate surface area is 109 Å². The number of hydrogen-bond donors (Lipinski definition) is 2. The third kappa shape index (κ3) is 2.42. The monoisotopic (exact) mass is 263 g/mol. The highest BCUT2D eigenvalue weighted by Crippen LogP contribution is 2.29. The number of aromatic carboxylic acids is 1. The highest BCUT2D eigenvalue weighted by atomic mass is 16.4. The van der Waals surface area contributed by atoms with Gasteiger partial charge in [-0.3, -0.25) is 9.59 Å². The molecule has 1 aliphatic heterocycles. The number of carboxylic acid groups (broad SMARTS) is 2. The Kier molecular flexibility index (Phi) is 3.25. The Morgan fingerprint density at radius 2 is 2.00 bits per heavy atom. The normalized spacial score (nSPS) is 18.7. The largest absolute Gasteiger partial charge is 0.481 e. The first kappa shape index (κ1) is 13.1. The first-order valence-electron chi connectivity index (χ1n) is 5.77. The lowest BCUT2D eigenvalue weighted by Gasteiger charge is -2.19. The fourth-order valence-electron chi connectivity index (χ4n) is 2.14. The third-order valence-electron chi connectivity index (χ3n) is 3.22. The second-order valence-corrected chi connectivity index (χ2v) is 4.55. The van der Waals surface area contributed by atoms with Gasteiger partial charge in [0, 0.05) is 18.7 Å². The van der Waals surface area contributed by atoms with E-state index in [0.29, 0.717) is 5.69 Å². The van der Waals surface area contributed by atoms with Crippen LogP contribution in [-0.4, -0.2) is 34.6 Å². The summed E-state index contributed by atoms with van der Waals surface area (Å²) in [5.41, 5.74) is 1.28. The highest BCUT2D eigenvalue weighted by molar-refractivity contribution is 6.01. The molecule has 2 rings (SSSR count). The minimum absolute atomic E-state index is 0.0495. The molecule has 0 bridgehead atoms. The topological polar surface area (TPSA) is 94.9 Å². The van der Waals surface area contributed by atoms with Crippen molar-refractivity contribution >= 4 is 23.5 Å². The molecule has 0 aliphatic carbocycles. The fourth-order valence-corrected chi connectivity index (χ4v) is 2.14. The van der Waals surface area contributed by atoms with Crippen LogP contribution in [0.3, 0.4) is 0 Å². The van der Waals surface area contributed by atoms with Gasteiger partial charge >= 0.3 is 11.9 Å². The second-order valence-electron chi connectivity index (χ2n) is 4.55. The molecule has 19 heavy (non-hydrogen) atoms. The SMILES string of the molecule is Cc1ccc(C(=O)O)cc1N1CC(C(=O)O)CC1=O. The summed E-state index contributed by atoms with van der Waals surface area (Å²) in [4.78, 5) is 35.0. The predicted octanol–water partition coefficient (Wildman–Crippen LogP) is 1.13. The number of carbonyl (C=O) groups excluding carboxylic acids is 1. The molecule has 100 valence electrons. The molecule has 1 heterocycles. The van der Waals surface area contributed by atoms with Crippen molar-refractivity contribution in [1.29, 1.82) is 0 Å². The minimum Gasteiger partial charge on any atom is -0.481 e. The minimum atomic E-state index is -1.08. The summed E-state index contributed by atoms with van der Waals surface area (Å²) in [7, 11) is 0. The van der Waals surface area contributed by atoms with Gasteiger partial charge < -0.3 is 15.1 Å². The smallest absolute Gasteiger partial charge is 0.335 e. The van der Waals surface area contributed by atoms with Crippen molar-refractivity contribution in [2.24, 2.45) is 5.92 Å². The average molecular weight is 263 g/mol. The number of benzene rings is 1. The van der Waals surface area contributed by atoms with Crippen LogP contribution in [0.15, 0.2) is 18.2 Å². The van der Waals surface area contributed by atoms with Gasteiger partial charge in [-0.25, -0.2) is 4.79 Å². The zero-order chi connectivity index (χ0) is 14.2. The van der Waals surface area contributed by atoms with Gasteiger partial charge in [-0.05, 0) is 24.6 Å². The molecule has 1 fully saturated rings. The molecule has 6 nitrogen and oxygen atoms in total. The molecule has 0 radical (unpaired) electrons. The molecule has 0 spiro atoms. The van der Waals surface area contributed by atoms with Gasteiger partial charge in [-0.2, -0.15) is 0 Å². The number of amides is 1. The molecular weight excluding hydrogens is 250 g/mol. The maximum atomic E-state index is 11.8. The summed E-state index contributed by atoms with van der Waals surface area (Å²) in [5, 5.41) is 17.9. The van der Waals surface area contributed by atoms with Crippen molar-refractivity contribution in [1.82, 2.24) is 0 Å². The number of aryl methyl sites for hydroxylation is 1. The molecular formula is C13H13NO5. The van der Waals surface area contributed by atoms with Crippen LogP contribution < -0.4 is 4.90 Å². The van der Waals surface area contributed by atoms with E-state index in [1.807, 2.05) is 0 Å². The highest BCUT2D eigenvalue weighted by Gasteiger charge is 2.35. The van der Waals surface area contributed by atoms with Crippen molar-refractivity contribution in [3.05, 3.63) is 29.3 Å². The molecule has 6 heteroatoms. The Bertz CT molecular complexity index is 566. The molecule has 2 N–H and O–H groups in total. The molecule has 1 aromatic carbocycles. The third-order valence-corrected chi connectivity index (χ3v) is 3.22. The summed E-state index contributed by atoms with van der Waals surface area (Å²) in [6, 6.07) is 4.47. The Morgan fingerprint density at radius 1 is 1.32 bits per heavy atom. The molecule has 1 amide bonds. The maximum absolute atomic E-state index is 11.8. The van der Waals surface area contributed by atoms with E-state index in [1.54, 1.807) is 13.0 Å².